The quantitative estimate of drug-likeness (QED) is 0.749. The standard InChI is InChI=1S/C12H20N2O4S/c1-3-17-10-5-6-12(18-4-2)11(9-10)14-19(15,16)8-7-13/h5-6,9,14H,3-4,7-8,13H2,1-2H3. The van der Waals surface area contributed by atoms with Gasteiger partial charge in [-0.25, -0.2) is 8.42 Å². The predicted octanol–water partition coefficient (Wildman–Crippen LogP) is 1.18. The Morgan fingerprint density at radius 2 is 1.89 bits per heavy atom. The van der Waals surface area contributed by atoms with Crippen molar-refractivity contribution in [1.82, 2.24) is 0 Å². The van der Waals surface area contributed by atoms with Gasteiger partial charge in [-0.15, -0.1) is 0 Å². The fraction of sp³-hybridized carbons (Fsp3) is 0.500. The maximum atomic E-state index is 11.7. The molecule has 0 fully saturated rings. The third-order valence-corrected chi connectivity index (χ3v) is 3.52. The van der Waals surface area contributed by atoms with E-state index in [1.165, 1.54) is 0 Å². The highest BCUT2D eigenvalue weighted by atomic mass is 32.2. The minimum Gasteiger partial charge on any atom is -0.494 e. The van der Waals surface area contributed by atoms with Gasteiger partial charge in [0.15, 0.2) is 0 Å². The maximum Gasteiger partial charge on any atom is 0.234 e. The maximum absolute atomic E-state index is 11.7. The molecule has 3 N–H and O–H groups in total. The van der Waals surface area contributed by atoms with E-state index in [-0.39, 0.29) is 12.3 Å². The van der Waals surface area contributed by atoms with Gasteiger partial charge in [0.25, 0.3) is 0 Å². The number of sulfonamides is 1. The van der Waals surface area contributed by atoms with Crippen LogP contribution >= 0.6 is 0 Å². The summed E-state index contributed by atoms with van der Waals surface area (Å²) in [6.45, 7) is 4.69. The molecule has 7 heteroatoms. The highest BCUT2D eigenvalue weighted by Crippen LogP contribution is 2.30. The molecule has 0 unspecified atom stereocenters. The van der Waals surface area contributed by atoms with Gasteiger partial charge in [-0.1, -0.05) is 0 Å². The summed E-state index contributed by atoms with van der Waals surface area (Å²) in [6.07, 6.45) is 0. The molecule has 0 spiro atoms. The van der Waals surface area contributed by atoms with Crippen LogP contribution in [-0.4, -0.2) is 33.9 Å². The van der Waals surface area contributed by atoms with Crippen LogP contribution in [-0.2, 0) is 10.0 Å². The lowest BCUT2D eigenvalue weighted by molar-refractivity contribution is 0.332. The molecule has 1 rings (SSSR count). The first-order chi connectivity index (χ1) is 9.02. The van der Waals surface area contributed by atoms with Crippen LogP contribution in [0.25, 0.3) is 0 Å². The second-order valence-corrected chi connectivity index (χ2v) is 5.58. The van der Waals surface area contributed by atoms with Crippen LogP contribution in [0.4, 0.5) is 5.69 Å². The lowest BCUT2D eigenvalue weighted by Crippen LogP contribution is -2.22. The summed E-state index contributed by atoms with van der Waals surface area (Å²) in [5.41, 5.74) is 5.63. The molecule has 0 aliphatic rings. The number of rotatable bonds is 8. The van der Waals surface area contributed by atoms with E-state index in [0.717, 1.165) is 0 Å². The number of nitrogens with one attached hydrogen (secondary N) is 1. The Kier molecular flexibility index (Phi) is 5.91. The number of hydrogen-bond acceptors (Lipinski definition) is 5. The summed E-state index contributed by atoms with van der Waals surface area (Å²) in [7, 11) is -3.47. The summed E-state index contributed by atoms with van der Waals surface area (Å²) in [5, 5.41) is 0. The molecule has 0 aliphatic heterocycles. The van der Waals surface area contributed by atoms with E-state index >= 15 is 0 Å². The SMILES string of the molecule is CCOc1ccc(OCC)c(NS(=O)(=O)CCN)c1. The molecule has 0 amide bonds. The van der Waals surface area contributed by atoms with E-state index in [1.807, 2.05) is 13.8 Å². The zero-order chi connectivity index (χ0) is 14.3. The molecule has 19 heavy (non-hydrogen) atoms. The molecule has 0 bridgehead atoms. The summed E-state index contributed by atoms with van der Waals surface area (Å²) in [4.78, 5) is 0. The summed E-state index contributed by atoms with van der Waals surface area (Å²) >= 11 is 0. The van der Waals surface area contributed by atoms with Crippen molar-refractivity contribution in [3.05, 3.63) is 18.2 Å². The van der Waals surface area contributed by atoms with E-state index in [0.29, 0.717) is 30.4 Å². The molecule has 0 aliphatic carbocycles. The second kappa shape index (κ2) is 7.20. The van der Waals surface area contributed by atoms with E-state index in [4.69, 9.17) is 15.2 Å². The summed E-state index contributed by atoms with van der Waals surface area (Å²) in [6, 6.07) is 5.01. The van der Waals surface area contributed by atoms with Crippen molar-refractivity contribution < 1.29 is 17.9 Å². The zero-order valence-electron chi connectivity index (χ0n) is 11.2. The van der Waals surface area contributed by atoms with Crippen LogP contribution in [0.15, 0.2) is 18.2 Å². The second-order valence-electron chi connectivity index (χ2n) is 3.73. The molecule has 1 aromatic rings. The van der Waals surface area contributed by atoms with Gasteiger partial charge in [-0.05, 0) is 26.0 Å². The Morgan fingerprint density at radius 1 is 1.21 bits per heavy atom. The minimum absolute atomic E-state index is 0.0600. The zero-order valence-corrected chi connectivity index (χ0v) is 12.0. The van der Waals surface area contributed by atoms with Gasteiger partial charge < -0.3 is 15.2 Å². The van der Waals surface area contributed by atoms with Crippen LogP contribution in [0.2, 0.25) is 0 Å². The third kappa shape index (κ3) is 4.96. The van der Waals surface area contributed by atoms with Crippen LogP contribution in [0.1, 0.15) is 13.8 Å². The molecular formula is C12H20N2O4S. The molecular weight excluding hydrogens is 268 g/mol. The van der Waals surface area contributed by atoms with E-state index in [1.54, 1.807) is 18.2 Å². The van der Waals surface area contributed by atoms with Gasteiger partial charge in [0.1, 0.15) is 11.5 Å². The van der Waals surface area contributed by atoms with Crippen molar-refractivity contribution >= 4 is 15.7 Å². The van der Waals surface area contributed by atoms with E-state index < -0.39 is 10.0 Å². The Hall–Kier alpha value is -1.47. The smallest absolute Gasteiger partial charge is 0.234 e. The van der Waals surface area contributed by atoms with Crippen molar-refractivity contribution in [2.45, 2.75) is 13.8 Å². The summed E-state index contributed by atoms with van der Waals surface area (Å²) < 4.78 is 36.7. The summed E-state index contributed by atoms with van der Waals surface area (Å²) in [5.74, 6) is 0.903. The largest absolute Gasteiger partial charge is 0.494 e. The first kappa shape index (κ1) is 15.6. The normalized spacial score (nSPS) is 11.1. The Labute approximate surface area is 113 Å². The number of hydrogen-bond donors (Lipinski definition) is 2. The van der Waals surface area contributed by atoms with Crippen LogP contribution in [0, 0.1) is 0 Å². The fourth-order valence-corrected chi connectivity index (χ4v) is 2.41. The lowest BCUT2D eigenvalue weighted by atomic mass is 10.3. The van der Waals surface area contributed by atoms with Crippen molar-refractivity contribution in [3.63, 3.8) is 0 Å². The Balaban J connectivity index is 3.03. The monoisotopic (exact) mass is 288 g/mol. The first-order valence-corrected chi connectivity index (χ1v) is 7.77. The molecule has 0 atom stereocenters. The molecule has 1 aromatic carbocycles. The molecule has 108 valence electrons. The number of anilines is 1. The third-order valence-electron chi connectivity index (χ3n) is 2.21. The van der Waals surface area contributed by atoms with Crippen molar-refractivity contribution in [2.75, 3.05) is 30.2 Å². The predicted molar refractivity (Wildman–Crippen MR) is 75.2 cm³/mol. The van der Waals surface area contributed by atoms with Gasteiger partial charge >= 0.3 is 0 Å². The minimum atomic E-state index is -3.47. The fourth-order valence-electron chi connectivity index (χ4n) is 1.50. The van der Waals surface area contributed by atoms with E-state index in [2.05, 4.69) is 4.72 Å². The number of benzene rings is 1. The molecule has 0 radical (unpaired) electrons. The van der Waals surface area contributed by atoms with Gasteiger partial charge in [0, 0.05) is 12.6 Å². The van der Waals surface area contributed by atoms with Crippen LogP contribution in [0.5, 0.6) is 11.5 Å². The van der Waals surface area contributed by atoms with Gasteiger partial charge in [0.2, 0.25) is 10.0 Å². The molecule has 6 nitrogen and oxygen atoms in total. The highest BCUT2D eigenvalue weighted by molar-refractivity contribution is 7.92. The molecule has 0 saturated carbocycles. The van der Waals surface area contributed by atoms with Crippen LogP contribution < -0.4 is 19.9 Å². The van der Waals surface area contributed by atoms with Gasteiger partial charge in [-0.2, -0.15) is 0 Å². The van der Waals surface area contributed by atoms with Gasteiger partial charge in [0.05, 0.1) is 24.7 Å². The van der Waals surface area contributed by atoms with Crippen molar-refractivity contribution in [2.24, 2.45) is 5.73 Å². The Bertz CT molecular complexity index is 502. The van der Waals surface area contributed by atoms with Gasteiger partial charge in [-0.3, -0.25) is 4.72 Å². The first-order valence-electron chi connectivity index (χ1n) is 6.12. The molecule has 0 heterocycles. The van der Waals surface area contributed by atoms with E-state index in [9.17, 15) is 8.42 Å². The average Bonchev–Trinajstić information content (AvgIpc) is 2.32. The lowest BCUT2D eigenvalue weighted by Gasteiger charge is -2.14. The highest BCUT2D eigenvalue weighted by Gasteiger charge is 2.13. The topological polar surface area (TPSA) is 90.6 Å². The van der Waals surface area contributed by atoms with Crippen molar-refractivity contribution in [3.8, 4) is 11.5 Å². The van der Waals surface area contributed by atoms with Crippen molar-refractivity contribution in [1.29, 1.82) is 0 Å². The molecule has 0 saturated heterocycles. The average molecular weight is 288 g/mol. The Morgan fingerprint density at radius 3 is 2.47 bits per heavy atom. The van der Waals surface area contributed by atoms with Crippen LogP contribution in [0.3, 0.4) is 0 Å². The number of ether oxygens (including phenoxy) is 2. The molecule has 0 aromatic heterocycles. The number of nitrogens with two attached hydrogens (primary N) is 1.